The minimum atomic E-state index is -3.57. The molecule has 0 spiro atoms. The van der Waals surface area contributed by atoms with Gasteiger partial charge in [0.25, 0.3) is 0 Å². The largest absolute Gasteiger partial charge is 0.442 e. The molecule has 0 saturated heterocycles. The Bertz CT molecular complexity index is 1340. The summed E-state index contributed by atoms with van der Waals surface area (Å²) >= 11 is 0. The Morgan fingerprint density at radius 2 is 1.94 bits per heavy atom. The second kappa shape index (κ2) is 8.36. The van der Waals surface area contributed by atoms with Crippen molar-refractivity contribution in [3.05, 3.63) is 64.1 Å². The van der Waals surface area contributed by atoms with Gasteiger partial charge >= 0.3 is 5.76 Å². The van der Waals surface area contributed by atoms with Crippen molar-refractivity contribution >= 4 is 21.6 Å². The van der Waals surface area contributed by atoms with Crippen LogP contribution in [-0.2, 0) is 27.8 Å². The predicted octanol–water partition coefficient (Wildman–Crippen LogP) is 2.04. The van der Waals surface area contributed by atoms with Crippen molar-refractivity contribution in [1.29, 1.82) is 0 Å². The lowest BCUT2D eigenvalue weighted by Crippen LogP contribution is -2.39. The number of amides is 1. The topological polar surface area (TPSA) is 106 Å². The monoisotopic (exact) mass is 456 g/mol. The number of benzene rings is 2. The molecular formula is C22H24N4O5S. The molecule has 0 bridgehead atoms. The molecule has 0 aliphatic carbocycles. The fourth-order valence-corrected chi connectivity index (χ4v) is 4.80. The fourth-order valence-electron chi connectivity index (χ4n) is 3.85. The molecule has 168 valence electrons. The Kier molecular flexibility index (Phi) is 5.74. The van der Waals surface area contributed by atoms with Crippen LogP contribution in [0.2, 0.25) is 0 Å². The first kappa shape index (κ1) is 22.0. The zero-order chi connectivity index (χ0) is 23.0. The van der Waals surface area contributed by atoms with Crippen molar-refractivity contribution in [2.75, 3.05) is 25.5 Å². The van der Waals surface area contributed by atoms with Gasteiger partial charge < -0.3 is 4.90 Å². The number of aromatic nitrogens is 2. The van der Waals surface area contributed by atoms with E-state index in [-0.39, 0.29) is 17.3 Å². The van der Waals surface area contributed by atoms with E-state index < -0.39 is 15.8 Å². The van der Waals surface area contributed by atoms with Crippen molar-refractivity contribution in [1.82, 2.24) is 14.0 Å². The molecule has 1 amide bonds. The van der Waals surface area contributed by atoms with Crippen LogP contribution in [0.4, 0.5) is 5.69 Å². The molecule has 9 nitrogen and oxygen atoms in total. The average Bonchev–Trinajstić information content (AvgIpc) is 3.13. The zero-order valence-electron chi connectivity index (χ0n) is 18.1. The van der Waals surface area contributed by atoms with Crippen LogP contribution >= 0.6 is 0 Å². The standard InChI is InChI=1S/C22H24N4O5S/c1-15-7-4-5-9-18(15)21-23-31-22(28)26(21)14-20(27)25-12-6-8-16-13-17(10-11-19(16)25)32(29,30)24(2)3/h4-5,7,9-11,13H,6,8,12,14H2,1-3H3. The van der Waals surface area contributed by atoms with E-state index in [2.05, 4.69) is 5.16 Å². The van der Waals surface area contributed by atoms with Crippen LogP contribution in [0.1, 0.15) is 17.5 Å². The van der Waals surface area contributed by atoms with Crippen LogP contribution in [0.3, 0.4) is 0 Å². The predicted molar refractivity (Wildman–Crippen MR) is 119 cm³/mol. The number of hydrogen-bond acceptors (Lipinski definition) is 6. The van der Waals surface area contributed by atoms with E-state index in [4.69, 9.17) is 4.52 Å². The second-order valence-electron chi connectivity index (χ2n) is 7.90. The summed E-state index contributed by atoms with van der Waals surface area (Å²) in [5.41, 5.74) is 3.05. The summed E-state index contributed by atoms with van der Waals surface area (Å²) in [6, 6.07) is 12.2. The van der Waals surface area contributed by atoms with Crippen molar-refractivity contribution in [3.8, 4) is 11.4 Å². The molecule has 10 heteroatoms. The Morgan fingerprint density at radius 1 is 1.19 bits per heavy atom. The third-order valence-electron chi connectivity index (χ3n) is 5.61. The molecular weight excluding hydrogens is 432 g/mol. The first-order valence-corrected chi connectivity index (χ1v) is 11.6. The molecule has 2 heterocycles. The molecule has 0 atom stereocenters. The van der Waals surface area contributed by atoms with Crippen LogP contribution in [0, 0.1) is 6.92 Å². The number of carbonyl (C=O) groups excluding carboxylic acids is 1. The van der Waals surface area contributed by atoms with Crippen molar-refractivity contribution < 1.29 is 17.7 Å². The Balaban J connectivity index is 1.66. The minimum absolute atomic E-state index is 0.188. The summed E-state index contributed by atoms with van der Waals surface area (Å²) in [7, 11) is -0.612. The van der Waals surface area contributed by atoms with E-state index in [1.165, 1.54) is 24.7 Å². The highest BCUT2D eigenvalue weighted by Gasteiger charge is 2.27. The molecule has 0 fully saturated rings. The molecule has 1 aliphatic rings. The van der Waals surface area contributed by atoms with Crippen LogP contribution in [0.5, 0.6) is 0 Å². The first-order valence-electron chi connectivity index (χ1n) is 10.2. The van der Waals surface area contributed by atoms with Crippen molar-refractivity contribution in [2.45, 2.75) is 31.2 Å². The summed E-state index contributed by atoms with van der Waals surface area (Å²) in [6.45, 7) is 2.13. The van der Waals surface area contributed by atoms with E-state index in [1.807, 2.05) is 31.2 Å². The highest BCUT2D eigenvalue weighted by molar-refractivity contribution is 7.89. The minimum Gasteiger partial charge on any atom is -0.311 e. The number of carbonyl (C=O) groups is 1. The summed E-state index contributed by atoms with van der Waals surface area (Å²) in [4.78, 5) is 27.3. The number of fused-ring (bicyclic) bond motifs is 1. The lowest BCUT2D eigenvalue weighted by atomic mass is 10.0. The zero-order valence-corrected chi connectivity index (χ0v) is 18.9. The second-order valence-corrected chi connectivity index (χ2v) is 10.1. The maximum absolute atomic E-state index is 13.2. The summed E-state index contributed by atoms with van der Waals surface area (Å²) < 4.78 is 32.2. The average molecular weight is 457 g/mol. The number of rotatable bonds is 5. The van der Waals surface area contributed by atoms with E-state index in [9.17, 15) is 18.0 Å². The van der Waals surface area contributed by atoms with Gasteiger partial charge in [0.1, 0.15) is 6.54 Å². The highest BCUT2D eigenvalue weighted by Crippen LogP contribution is 2.30. The Labute approximate surface area is 185 Å². The fraction of sp³-hybridized carbons (Fsp3) is 0.318. The van der Waals surface area contributed by atoms with Gasteiger partial charge in [-0.25, -0.2) is 22.1 Å². The smallest absolute Gasteiger partial charge is 0.311 e. The maximum Gasteiger partial charge on any atom is 0.442 e. The first-order chi connectivity index (χ1) is 15.2. The van der Waals surface area contributed by atoms with Gasteiger partial charge in [-0.2, -0.15) is 0 Å². The molecule has 4 rings (SSSR count). The van der Waals surface area contributed by atoms with Gasteiger partial charge in [0, 0.05) is 31.9 Å². The lowest BCUT2D eigenvalue weighted by molar-refractivity contribution is -0.119. The summed E-state index contributed by atoms with van der Waals surface area (Å²) in [6.07, 6.45) is 1.35. The number of nitrogens with zero attached hydrogens (tertiary/aromatic N) is 4. The molecule has 32 heavy (non-hydrogen) atoms. The number of anilines is 1. The van der Waals surface area contributed by atoms with Gasteiger partial charge in [-0.05, 0) is 49.1 Å². The van der Waals surface area contributed by atoms with E-state index in [0.717, 1.165) is 15.4 Å². The molecule has 3 aromatic rings. The van der Waals surface area contributed by atoms with E-state index in [1.54, 1.807) is 17.0 Å². The molecule has 0 unspecified atom stereocenters. The number of aryl methyl sites for hydroxylation is 2. The van der Waals surface area contributed by atoms with Crippen molar-refractivity contribution in [3.63, 3.8) is 0 Å². The van der Waals surface area contributed by atoms with E-state index in [0.29, 0.717) is 36.5 Å². The molecule has 0 radical (unpaired) electrons. The maximum atomic E-state index is 13.2. The molecule has 1 aromatic heterocycles. The molecule has 1 aliphatic heterocycles. The van der Waals surface area contributed by atoms with Crippen LogP contribution in [-0.4, -0.2) is 49.0 Å². The van der Waals surface area contributed by atoms with Gasteiger partial charge in [0.05, 0.1) is 4.90 Å². The van der Waals surface area contributed by atoms with Gasteiger partial charge in [-0.3, -0.25) is 9.32 Å². The SMILES string of the molecule is Cc1ccccc1-c1noc(=O)n1CC(=O)N1CCCc2cc(S(=O)(=O)N(C)C)ccc21. The quantitative estimate of drug-likeness (QED) is 0.582. The number of sulfonamides is 1. The van der Waals surface area contributed by atoms with Crippen LogP contribution in [0.15, 0.2) is 56.7 Å². The molecule has 2 aromatic carbocycles. The highest BCUT2D eigenvalue weighted by atomic mass is 32.2. The van der Waals surface area contributed by atoms with Gasteiger partial charge in [0.2, 0.25) is 15.9 Å². The molecule has 0 saturated carbocycles. The normalized spacial score (nSPS) is 13.9. The lowest BCUT2D eigenvalue weighted by Gasteiger charge is -2.30. The van der Waals surface area contributed by atoms with Gasteiger partial charge in [0.15, 0.2) is 5.82 Å². The summed E-state index contributed by atoms with van der Waals surface area (Å²) in [5.74, 6) is -0.707. The Hall–Kier alpha value is -3.24. The molecule has 0 N–H and O–H groups in total. The Morgan fingerprint density at radius 3 is 2.66 bits per heavy atom. The van der Waals surface area contributed by atoms with Gasteiger partial charge in [-0.15, -0.1) is 0 Å². The van der Waals surface area contributed by atoms with Gasteiger partial charge in [-0.1, -0.05) is 29.4 Å². The number of hydrogen-bond donors (Lipinski definition) is 0. The van der Waals surface area contributed by atoms with E-state index >= 15 is 0 Å². The summed E-state index contributed by atoms with van der Waals surface area (Å²) in [5, 5.41) is 3.88. The third-order valence-corrected chi connectivity index (χ3v) is 7.43. The van der Waals surface area contributed by atoms with Crippen molar-refractivity contribution in [2.24, 2.45) is 0 Å². The third kappa shape index (κ3) is 3.87. The van der Waals surface area contributed by atoms with Crippen LogP contribution < -0.4 is 10.7 Å². The van der Waals surface area contributed by atoms with Crippen LogP contribution in [0.25, 0.3) is 11.4 Å².